The predicted molar refractivity (Wildman–Crippen MR) is 31.2 cm³/mol. The normalized spacial score (nSPS) is 14.1. The standard InChI is InChI=1S/C3F9Ge.ClH/c4-1(5,6)13(2(7,8)9)3(10,11)12;/h;1H. The van der Waals surface area contributed by atoms with Gasteiger partial charge >= 0.3 is 68.9 Å². The molecule has 0 aromatic carbocycles. The Kier molecular flexibility index (Phi) is 5.19. The van der Waals surface area contributed by atoms with E-state index in [9.17, 15) is 39.5 Å². The van der Waals surface area contributed by atoms with Crippen molar-refractivity contribution in [2.24, 2.45) is 0 Å². The van der Waals surface area contributed by atoms with Crippen LogP contribution in [-0.2, 0) is 0 Å². The van der Waals surface area contributed by atoms with E-state index in [2.05, 4.69) is 0 Å². The Morgan fingerprint density at radius 1 is 0.500 bits per heavy atom. The fourth-order valence-corrected chi connectivity index (χ4v) is 2.51. The zero-order chi connectivity index (χ0) is 11.1. The SMILES string of the molecule is Cl.F[C](F)(F)[Ge]([C](F)(F)F)[C](F)(F)F. The molecule has 0 heterocycles. The molecule has 14 heavy (non-hydrogen) atoms. The second-order valence-electron chi connectivity index (χ2n) is 1.87. The molecule has 0 rings (SSSR count). The Bertz CT molecular complexity index is 143. The minimum absolute atomic E-state index is 0. The van der Waals surface area contributed by atoms with E-state index in [4.69, 9.17) is 0 Å². The summed E-state index contributed by atoms with van der Waals surface area (Å²) >= 11 is -7.10. The maximum absolute atomic E-state index is 11.3. The molecule has 0 atom stereocenters. The third kappa shape index (κ3) is 4.62. The molecule has 1 radical (unpaired) electrons. The van der Waals surface area contributed by atoms with Crippen molar-refractivity contribution in [1.29, 1.82) is 0 Å². The molecule has 0 aliphatic rings. The monoisotopic (exact) mass is 317 g/mol. The number of halogens is 10. The van der Waals surface area contributed by atoms with Gasteiger partial charge < -0.3 is 0 Å². The van der Waals surface area contributed by atoms with E-state index < -0.39 is 29.4 Å². The molecule has 0 fully saturated rings. The van der Waals surface area contributed by atoms with E-state index >= 15 is 0 Å². The van der Waals surface area contributed by atoms with Gasteiger partial charge in [0.1, 0.15) is 0 Å². The van der Waals surface area contributed by atoms with Crippen LogP contribution in [0.5, 0.6) is 0 Å². The van der Waals surface area contributed by atoms with Crippen LogP contribution in [0, 0.1) is 0 Å². The zero-order valence-corrected chi connectivity index (χ0v) is 8.72. The number of hydrogen-bond acceptors (Lipinski definition) is 0. The molecule has 0 aliphatic carbocycles. The molecule has 0 N–H and O–H groups in total. The van der Waals surface area contributed by atoms with Crippen LogP contribution in [0.15, 0.2) is 0 Å². The van der Waals surface area contributed by atoms with Crippen LogP contribution in [0.4, 0.5) is 39.5 Å². The van der Waals surface area contributed by atoms with Gasteiger partial charge in [-0.15, -0.1) is 12.4 Å². The van der Waals surface area contributed by atoms with Gasteiger partial charge in [-0.3, -0.25) is 0 Å². The van der Waals surface area contributed by atoms with Crippen molar-refractivity contribution in [2.75, 3.05) is 0 Å². The molecule has 0 saturated carbocycles. The quantitative estimate of drug-likeness (QED) is 0.476. The number of alkyl halides is 9. The van der Waals surface area contributed by atoms with Crippen LogP contribution in [0.2, 0.25) is 0 Å². The molecule has 0 unspecified atom stereocenters. The Morgan fingerprint density at radius 3 is 0.643 bits per heavy atom. The summed E-state index contributed by atoms with van der Waals surface area (Å²) in [5.41, 5.74) is 0. The van der Waals surface area contributed by atoms with E-state index in [1.165, 1.54) is 0 Å². The van der Waals surface area contributed by atoms with E-state index in [0.717, 1.165) is 0 Å². The van der Waals surface area contributed by atoms with Gasteiger partial charge in [0.05, 0.1) is 0 Å². The van der Waals surface area contributed by atoms with Gasteiger partial charge in [0.15, 0.2) is 0 Å². The topological polar surface area (TPSA) is 0 Å². The summed E-state index contributed by atoms with van der Waals surface area (Å²) in [6.07, 6.45) is 0. The van der Waals surface area contributed by atoms with Crippen molar-refractivity contribution < 1.29 is 39.5 Å². The van der Waals surface area contributed by atoms with Crippen LogP contribution < -0.4 is 0 Å². The van der Waals surface area contributed by atoms with Crippen LogP contribution in [0.25, 0.3) is 0 Å². The van der Waals surface area contributed by atoms with Crippen molar-refractivity contribution in [1.82, 2.24) is 0 Å². The Morgan fingerprint density at radius 2 is 0.643 bits per heavy atom. The van der Waals surface area contributed by atoms with Gasteiger partial charge in [-0.25, -0.2) is 0 Å². The maximum atomic E-state index is 11.3. The first-order valence-corrected chi connectivity index (χ1v) is 5.60. The first-order chi connectivity index (χ1) is 5.37. The number of rotatable bonds is 0. The summed E-state index contributed by atoms with van der Waals surface area (Å²) in [5, 5.41) is -18.6. The van der Waals surface area contributed by atoms with Crippen molar-refractivity contribution in [3.05, 3.63) is 0 Å². The molecule has 0 saturated heterocycles. The average molecular weight is 316 g/mol. The Balaban J connectivity index is 0. The van der Waals surface area contributed by atoms with Gasteiger partial charge in [0.2, 0.25) is 0 Å². The molecule has 0 nitrogen and oxygen atoms in total. The second-order valence-corrected chi connectivity index (χ2v) is 7.01. The van der Waals surface area contributed by atoms with E-state index in [0.29, 0.717) is 0 Å². The van der Waals surface area contributed by atoms with E-state index in [1.54, 1.807) is 0 Å². The molecule has 0 spiro atoms. The zero-order valence-electron chi connectivity index (χ0n) is 5.81. The molecule has 0 aromatic rings. The molecule has 0 aromatic heterocycles. The average Bonchev–Trinajstić information content (AvgIpc) is 1.44. The summed E-state index contributed by atoms with van der Waals surface area (Å²) in [6, 6.07) is 0. The van der Waals surface area contributed by atoms with Crippen LogP contribution >= 0.6 is 12.4 Å². The Labute approximate surface area is 82.0 Å². The van der Waals surface area contributed by atoms with Crippen molar-refractivity contribution >= 4 is 26.8 Å². The molecule has 0 amide bonds. The van der Waals surface area contributed by atoms with Crippen LogP contribution in [0.3, 0.4) is 0 Å². The molecule has 87 valence electrons. The third-order valence-corrected chi connectivity index (χ3v) is 4.42. The summed E-state index contributed by atoms with van der Waals surface area (Å²) in [7, 11) is 0. The fourth-order valence-electron chi connectivity index (χ4n) is 0.482. The molecule has 0 bridgehead atoms. The van der Waals surface area contributed by atoms with Crippen molar-refractivity contribution in [3.63, 3.8) is 0 Å². The first kappa shape index (κ1) is 16.6. The molecule has 0 aliphatic heterocycles. The Hall–Kier alpha value is 0.203. The molecule has 11 heteroatoms. The summed E-state index contributed by atoms with van der Waals surface area (Å²) < 4.78 is 102. The van der Waals surface area contributed by atoms with Crippen molar-refractivity contribution in [3.8, 4) is 0 Å². The predicted octanol–water partition coefficient (Wildman–Crippen LogP) is 3.21. The summed E-state index contributed by atoms with van der Waals surface area (Å²) in [4.78, 5) is 0. The first-order valence-electron chi connectivity index (χ1n) is 2.45. The van der Waals surface area contributed by atoms with Crippen LogP contribution in [-0.4, -0.2) is 29.4 Å². The van der Waals surface area contributed by atoms with Gasteiger partial charge in [-0.05, 0) is 0 Å². The second kappa shape index (κ2) is 4.37. The summed E-state index contributed by atoms with van der Waals surface area (Å²) in [5.74, 6) is 0. The van der Waals surface area contributed by atoms with E-state index in [-0.39, 0.29) is 12.4 Å². The summed E-state index contributed by atoms with van der Waals surface area (Å²) in [6.45, 7) is 0. The number of hydrogen-bond donors (Lipinski definition) is 0. The fraction of sp³-hybridized carbons (Fsp3) is 1.00. The van der Waals surface area contributed by atoms with Gasteiger partial charge in [0, 0.05) is 0 Å². The van der Waals surface area contributed by atoms with Gasteiger partial charge in [-0.2, -0.15) is 0 Å². The minimum atomic E-state index is -7.10. The molecular formula is C3HClF9Ge. The van der Waals surface area contributed by atoms with Gasteiger partial charge in [0.25, 0.3) is 0 Å². The van der Waals surface area contributed by atoms with E-state index in [1.807, 2.05) is 0 Å². The van der Waals surface area contributed by atoms with Gasteiger partial charge in [-0.1, -0.05) is 0 Å². The van der Waals surface area contributed by atoms with Crippen molar-refractivity contribution in [2.45, 2.75) is 15.0 Å². The molecular weight excluding hydrogens is 315 g/mol. The third-order valence-electron chi connectivity index (χ3n) is 0.850. The van der Waals surface area contributed by atoms with Crippen LogP contribution in [0.1, 0.15) is 0 Å².